The normalized spacial score (nSPS) is 16.0. The lowest BCUT2D eigenvalue weighted by Gasteiger charge is -2.46. The molecule has 0 radical (unpaired) electrons. The predicted molar refractivity (Wildman–Crippen MR) is 94.1 cm³/mol. The summed E-state index contributed by atoms with van der Waals surface area (Å²) in [5.41, 5.74) is 4.36. The maximum absolute atomic E-state index is 3.59. The smallest absolute Gasteiger partial charge is 0.0334 e. The molecule has 0 saturated carbocycles. The van der Waals surface area contributed by atoms with Crippen LogP contribution in [0, 0.1) is 13.8 Å². The van der Waals surface area contributed by atoms with E-state index in [-0.39, 0.29) is 5.54 Å². The first-order valence-corrected chi connectivity index (χ1v) is 8.40. The van der Waals surface area contributed by atoms with Crippen molar-refractivity contribution in [2.24, 2.45) is 0 Å². The molecule has 1 aromatic rings. The van der Waals surface area contributed by atoms with Crippen LogP contribution >= 0.6 is 0 Å². The molecular formula is C19H34N2. The highest BCUT2D eigenvalue weighted by Crippen LogP contribution is 2.26. The Balaban J connectivity index is 3.04. The molecular weight excluding hydrogens is 256 g/mol. The lowest BCUT2D eigenvalue weighted by Crippen LogP contribution is -2.59. The van der Waals surface area contributed by atoms with Crippen molar-refractivity contribution in [3.63, 3.8) is 0 Å². The Labute approximate surface area is 131 Å². The van der Waals surface area contributed by atoms with Crippen molar-refractivity contribution in [3.05, 3.63) is 34.9 Å². The third kappa shape index (κ3) is 4.31. The van der Waals surface area contributed by atoms with Crippen LogP contribution in [0.5, 0.6) is 0 Å². The lowest BCUT2D eigenvalue weighted by molar-refractivity contribution is 0.0730. The Bertz CT molecular complexity index is 417. The summed E-state index contributed by atoms with van der Waals surface area (Å²) in [5.74, 6) is 0. The average molecular weight is 290 g/mol. The van der Waals surface area contributed by atoms with E-state index in [1.807, 2.05) is 0 Å². The van der Waals surface area contributed by atoms with E-state index in [4.69, 9.17) is 0 Å². The molecule has 2 nitrogen and oxygen atoms in total. The molecule has 1 N–H and O–H groups in total. The van der Waals surface area contributed by atoms with E-state index in [1.54, 1.807) is 0 Å². The zero-order valence-corrected chi connectivity index (χ0v) is 15.1. The standard InChI is InChI=1S/C19H34N2/c1-8-19(6,21(9-2)10-3)18(20-7)14-17-12-15(4)11-16(5)13-17/h11-13,18,20H,8-10,14H2,1-7H3. The van der Waals surface area contributed by atoms with E-state index in [0.717, 1.165) is 25.9 Å². The maximum atomic E-state index is 3.59. The molecule has 21 heavy (non-hydrogen) atoms. The van der Waals surface area contributed by atoms with Crippen molar-refractivity contribution in [1.29, 1.82) is 0 Å². The fourth-order valence-electron chi connectivity index (χ4n) is 3.69. The Morgan fingerprint density at radius 3 is 1.95 bits per heavy atom. The number of nitrogens with one attached hydrogen (secondary N) is 1. The number of hydrogen-bond donors (Lipinski definition) is 1. The largest absolute Gasteiger partial charge is 0.315 e. The summed E-state index contributed by atoms with van der Waals surface area (Å²) in [6.45, 7) is 15.8. The number of rotatable bonds is 8. The molecule has 0 aliphatic rings. The minimum Gasteiger partial charge on any atom is -0.315 e. The van der Waals surface area contributed by atoms with E-state index < -0.39 is 0 Å². The van der Waals surface area contributed by atoms with Gasteiger partial charge < -0.3 is 5.32 Å². The van der Waals surface area contributed by atoms with Crippen molar-refractivity contribution in [2.75, 3.05) is 20.1 Å². The monoisotopic (exact) mass is 290 g/mol. The first-order valence-electron chi connectivity index (χ1n) is 8.40. The van der Waals surface area contributed by atoms with Gasteiger partial charge in [-0.2, -0.15) is 0 Å². The summed E-state index contributed by atoms with van der Waals surface area (Å²) in [7, 11) is 2.10. The fraction of sp³-hybridized carbons (Fsp3) is 0.684. The third-order valence-electron chi connectivity index (χ3n) is 5.02. The second-order valence-electron chi connectivity index (χ2n) is 6.42. The van der Waals surface area contributed by atoms with Gasteiger partial charge in [0.25, 0.3) is 0 Å². The Morgan fingerprint density at radius 1 is 1.05 bits per heavy atom. The van der Waals surface area contributed by atoms with E-state index in [1.165, 1.54) is 16.7 Å². The van der Waals surface area contributed by atoms with Crippen LogP contribution < -0.4 is 5.32 Å². The molecule has 2 unspecified atom stereocenters. The van der Waals surface area contributed by atoms with Gasteiger partial charge in [-0.1, -0.05) is 50.1 Å². The Morgan fingerprint density at radius 2 is 1.57 bits per heavy atom. The number of benzene rings is 1. The van der Waals surface area contributed by atoms with Crippen LogP contribution in [0.3, 0.4) is 0 Å². The summed E-state index contributed by atoms with van der Waals surface area (Å²) in [6.07, 6.45) is 2.24. The predicted octanol–water partition coefficient (Wildman–Crippen LogP) is 3.94. The van der Waals surface area contributed by atoms with Crippen molar-refractivity contribution < 1.29 is 0 Å². The average Bonchev–Trinajstić information content (AvgIpc) is 2.44. The van der Waals surface area contributed by atoms with Gasteiger partial charge in [0.05, 0.1) is 0 Å². The molecule has 0 bridgehead atoms. The minimum absolute atomic E-state index is 0.190. The molecule has 2 atom stereocenters. The summed E-state index contributed by atoms with van der Waals surface area (Å²) in [4.78, 5) is 2.59. The molecule has 2 heteroatoms. The third-order valence-corrected chi connectivity index (χ3v) is 5.02. The van der Waals surface area contributed by atoms with Crippen molar-refractivity contribution >= 4 is 0 Å². The second-order valence-corrected chi connectivity index (χ2v) is 6.42. The molecule has 0 amide bonds. The van der Waals surface area contributed by atoms with Gasteiger partial charge in [-0.25, -0.2) is 0 Å². The molecule has 0 aliphatic heterocycles. The molecule has 0 spiro atoms. The van der Waals surface area contributed by atoms with Crippen LogP contribution in [-0.2, 0) is 6.42 Å². The number of nitrogens with zero attached hydrogens (tertiary/aromatic N) is 1. The first-order chi connectivity index (χ1) is 9.90. The molecule has 0 fully saturated rings. The second kappa shape index (κ2) is 7.95. The molecule has 120 valence electrons. The molecule has 0 heterocycles. The van der Waals surface area contributed by atoms with Crippen molar-refractivity contribution in [3.8, 4) is 0 Å². The van der Waals surface area contributed by atoms with Crippen molar-refractivity contribution in [2.45, 2.75) is 66.0 Å². The quantitative estimate of drug-likeness (QED) is 0.780. The zero-order valence-electron chi connectivity index (χ0n) is 15.1. The van der Waals surface area contributed by atoms with Crippen LogP contribution in [0.2, 0.25) is 0 Å². The van der Waals surface area contributed by atoms with Crippen LogP contribution in [-0.4, -0.2) is 36.6 Å². The lowest BCUT2D eigenvalue weighted by atomic mass is 9.83. The van der Waals surface area contributed by atoms with Gasteiger partial charge in [0.2, 0.25) is 0 Å². The van der Waals surface area contributed by atoms with Gasteiger partial charge >= 0.3 is 0 Å². The summed E-state index contributed by atoms with van der Waals surface area (Å²) in [5, 5.41) is 3.59. The SMILES string of the molecule is CCN(CC)C(C)(CC)C(Cc1cc(C)cc(C)c1)NC. The molecule has 0 saturated heterocycles. The number of aryl methyl sites for hydroxylation is 2. The first kappa shape index (κ1) is 18.2. The van der Waals surface area contributed by atoms with Crippen LogP contribution in [0.15, 0.2) is 18.2 Å². The van der Waals surface area contributed by atoms with Gasteiger partial charge in [-0.05, 0) is 59.3 Å². The van der Waals surface area contributed by atoms with E-state index in [0.29, 0.717) is 6.04 Å². The number of hydrogen-bond acceptors (Lipinski definition) is 2. The zero-order chi connectivity index (χ0) is 16.0. The van der Waals surface area contributed by atoms with Gasteiger partial charge in [0, 0.05) is 11.6 Å². The summed E-state index contributed by atoms with van der Waals surface area (Å²) >= 11 is 0. The van der Waals surface area contributed by atoms with Crippen LogP contribution in [0.25, 0.3) is 0 Å². The van der Waals surface area contributed by atoms with Crippen LogP contribution in [0.1, 0.15) is 50.8 Å². The summed E-state index contributed by atoms with van der Waals surface area (Å²) in [6, 6.07) is 7.37. The summed E-state index contributed by atoms with van der Waals surface area (Å²) < 4.78 is 0. The molecule has 0 aromatic heterocycles. The highest BCUT2D eigenvalue weighted by molar-refractivity contribution is 5.29. The highest BCUT2D eigenvalue weighted by Gasteiger charge is 2.36. The molecule has 1 rings (SSSR count). The molecule has 0 aliphatic carbocycles. The van der Waals surface area contributed by atoms with Gasteiger partial charge in [-0.15, -0.1) is 0 Å². The fourth-order valence-corrected chi connectivity index (χ4v) is 3.69. The highest BCUT2D eigenvalue weighted by atomic mass is 15.2. The van der Waals surface area contributed by atoms with Crippen molar-refractivity contribution in [1.82, 2.24) is 10.2 Å². The van der Waals surface area contributed by atoms with E-state index in [2.05, 4.69) is 77.0 Å². The molecule has 1 aromatic carbocycles. The van der Waals surface area contributed by atoms with Crippen LogP contribution in [0.4, 0.5) is 0 Å². The topological polar surface area (TPSA) is 15.3 Å². The van der Waals surface area contributed by atoms with Gasteiger partial charge in [0.15, 0.2) is 0 Å². The van der Waals surface area contributed by atoms with E-state index in [9.17, 15) is 0 Å². The van der Waals surface area contributed by atoms with Gasteiger partial charge in [0.1, 0.15) is 0 Å². The Hall–Kier alpha value is -0.860. The number of likely N-dealkylation sites (N-methyl/N-ethyl adjacent to an activating group) is 2. The maximum Gasteiger partial charge on any atom is 0.0334 e. The van der Waals surface area contributed by atoms with Gasteiger partial charge in [-0.3, -0.25) is 4.90 Å². The Kier molecular flexibility index (Phi) is 6.89. The van der Waals surface area contributed by atoms with E-state index >= 15 is 0 Å². The minimum atomic E-state index is 0.190.